The largest absolute Gasteiger partial charge is 0.367 e. The predicted octanol–water partition coefficient (Wildman–Crippen LogP) is 4.08. The van der Waals surface area contributed by atoms with Crippen molar-refractivity contribution in [2.75, 3.05) is 18.4 Å². The summed E-state index contributed by atoms with van der Waals surface area (Å²) in [5.74, 6) is 1.81. The van der Waals surface area contributed by atoms with Gasteiger partial charge in [-0.1, -0.05) is 26.8 Å². The molecule has 1 aliphatic rings. The Kier molecular flexibility index (Phi) is 5.41. The second-order valence-corrected chi connectivity index (χ2v) is 6.44. The summed E-state index contributed by atoms with van der Waals surface area (Å²) in [5, 5.41) is 3.57. The van der Waals surface area contributed by atoms with Gasteiger partial charge in [0.1, 0.15) is 5.82 Å². The first-order valence-corrected chi connectivity index (χ1v) is 8.07. The lowest BCUT2D eigenvalue weighted by Gasteiger charge is -2.28. The number of aromatic nitrogens is 1. The summed E-state index contributed by atoms with van der Waals surface area (Å²) < 4.78 is 0. The van der Waals surface area contributed by atoms with Gasteiger partial charge in [-0.25, -0.2) is 4.98 Å². The number of likely N-dealkylation sites (tertiary alicyclic amines) is 1. The molecule has 3 nitrogen and oxygen atoms in total. The molecule has 0 saturated carbocycles. The second-order valence-electron chi connectivity index (χ2n) is 6.44. The average molecular weight is 275 g/mol. The summed E-state index contributed by atoms with van der Waals surface area (Å²) >= 11 is 0. The molecule has 0 bridgehead atoms. The highest BCUT2D eigenvalue weighted by molar-refractivity contribution is 5.46. The molecule has 0 unspecified atom stereocenters. The molecule has 2 rings (SSSR count). The number of hydrogen-bond acceptors (Lipinski definition) is 3. The zero-order valence-corrected chi connectivity index (χ0v) is 13.4. The maximum absolute atomic E-state index is 4.59. The van der Waals surface area contributed by atoms with E-state index in [9.17, 15) is 0 Å². The van der Waals surface area contributed by atoms with Crippen molar-refractivity contribution in [3.05, 3.63) is 23.9 Å². The van der Waals surface area contributed by atoms with Gasteiger partial charge >= 0.3 is 0 Å². The number of anilines is 1. The zero-order valence-electron chi connectivity index (χ0n) is 13.4. The van der Waals surface area contributed by atoms with Crippen molar-refractivity contribution in [2.24, 2.45) is 5.92 Å². The molecule has 112 valence electrons. The fraction of sp³-hybridized carbons (Fsp3) is 0.706. The van der Waals surface area contributed by atoms with Crippen molar-refractivity contribution in [3.8, 4) is 0 Å². The van der Waals surface area contributed by atoms with Crippen LogP contribution in [0.25, 0.3) is 0 Å². The SMILES string of the molecule is CC[C@H](C)Nc1ncccc1[C@H]1CCCN1CC(C)C. The Morgan fingerprint density at radius 1 is 1.40 bits per heavy atom. The van der Waals surface area contributed by atoms with E-state index in [0.29, 0.717) is 12.1 Å². The predicted molar refractivity (Wildman–Crippen MR) is 86.0 cm³/mol. The summed E-state index contributed by atoms with van der Waals surface area (Å²) in [4.78, 5) is 7.22. The minimum Gasteiger partial charge on any atom is -0.367 e. The van der Waals surface area contributed by atoms with E-state index in [-0.39, 0.29) is 0 Å². The minimum atomic E-state index is 0.476. The summed E-state index contributed by atoms with van der Waals surface area (Å²) in [6.07, 6.45) is 5.58. The molecule has 0 aromatic carbocycles. The Bertz CT molecular complexity index is 416. The van der Waals surface area contributed by atoms with Crippen LogP contribution < -0.4 is 5.32 Å². The average Bonchev–Trinajstić information content (AvgIpc) is 2.86. The maximum Gasteiger partial charge on any atom is 0.130 e. The van der Waals surface area contributed by atoms with Gasteiger partial charge in [0, 0.05) is 30.4 Å². The molecule has 0 aliphatic carbocycles. The normalized spacial score (nSPS) is 21.4. The van der Waals surface area contributed by atoms with Gasteiger partial charge in [0.25, 0.3) is 0 Å². The van der Waals surface area contributed by atoms with Gasteiger partial charge in [0.05, 0.1) is 0 Å². The van der Waals surface area contributed by atoms with Crippen LogP contribution in [0.15, 0.2) is 18.3 Å². The Morgan fingerprint density at radius 3 is 2.90 bits per heavy atom. The number of pyridine rings is 1. The van der Waals surface area contributed by atoms with Gasteiger partial charge in [-0.3, -0.25) is 4.90 Å². The Balaban J connectivity index is 2.18. The molecule has 2 atom stereocenters. The van der Waals surface area contributed by atoms with Crippen LogP contribution in [0.5, 0.6) is 0 Å². The van der Waals surface area contributed by atoms with Gasteiger partial charge in [-0.2, -0.15) is 0 Å². The fourth-order valence-corrected chi connectivity index (χ4v) is 3.01. The summed E-state index contributed by atoms with van der Waals surface area (Å²) in [6, 6.07) is 5.34. The lowest BCUT2D eigenvalue weighted by atomic mass is 10.0. The minimum absolute atomic E-state index is 0.476. The molecule has 2 heterocycles. The highest BCUT2D eigenvalue weighted by Crippen LogP contribution is 2.35. The van der Waals surface area contributed by atoms with Crippen molar-refractivity contribution in [1.29, 1.82) is 0 Å². The molecule has 1 aliphatic heterocycles. The molecule has 0 radical (unpaired) electrons. The van der Waals surface area contributed by atoms with E-state index in [1.807, 2.05) is 6.20 Å². The summed E-state index contributed by atoms with van der Waals surface area (Å²) in [6.45, 7) is 11.4. The number of nitrogens with zero attached hydrogens (tertiary/aromatic N) is 2. The van der Waals surface area contributed by atoms with Crippen molar-refractivity contribution in [2.45, 2.75) is 59.0 Å². The smallest absolute Gasteiger partial charge is 0.130 e. The number of hydrogen-bond donors (Lipinski definition) is 1. The van der Waals surface area contributed by atoms with Crippen LogP contribution in [0.1, 0.15) is 58.6 Å². The third-order valence-corrected chi connectivity index (χ3v) is 4.16. The van der Waals surface area contributed by atoms with Gasteiger partial charge in [-0.15, -0.1) is 0 Å². The van der Waals surface area contributed by atoms with Crippen LogP contribution in [-0.2, 0) is 0 Å². The highest BCUT2D eigenvalue weighted by Gasteiger charge is 2.28. The second kappa shape index (κ2) is 7.07. The maximum atomic E-state index is 4.59. The van der Waals surface area contributed by atoms with Crippen LogP contribution in [0.2, 0.25) is 0 Å². The monoisotopic (exact) mass is 275 g/mol. The van der Waals surface area contributed by atoms with Crippen LogP contribution >= 0.6 is 0 Å². The molecule has 0 amide bonds. The van der Waals surface area contributed by atoms with E-state index < -0.39 is 0 Å². The highest BCUT2D eigenvalue weighted by atomic mass is 15.2. The molecule has 1 aromatic rings. The van der Waals surface area contributed by atoms with E-state index >= 15 is 0 Å². The lowest BCUT2D eigenvalue weighted by Crippen LogP contribution is -2.28. The molecule has 1 saturated heterocycles. The van der Waals surface area contributed by atoms with Gasteiger partial charge < -0.3 is 5.32 Å². The third-order valence-electron chi connectivity index (χ3n) is 4.16. The van der Waals surface area contributed by atoms with Crippen LogP contribution in [0.4, 0.5) is 5.82 Å². The van der Waals surface area contributed by atoms with Crippen LogP contribution in [-0.4, -0.2) is 29.0 Å². The summed E-state index contributed by atoms with van der Waals surface area (Å²) in [5.41, 5.74) is 1.38. The molecule has 3 heteroatoms. The van der Waals surface area contributed by atoms with Crippen LogP contribution in [0, 0.1) is 5.92 Å². The standard InChI is InChI=1S/C17H29N3/c1-5-14(4)19-17-15(8-6-10-18-17)16-9-7-11-20(16)12-13(2)3/h6,8,10,13-14,16H,5,7,9,11-12H2,1-4H3,(H,18,19)/t14-,16+/m0/s1. The Morgan fingerprint density at radius 2 is 2.20 bits per heavy atom. The summed E-state index contributed by atoms with van der Waals surface area (Å²) in [7, 11) is 0. The Hall–Kier alpha value is -1.09. The van der Waals surface area contributed by atoms with E-state index in [2.05, 4.69) is 55.0 Å². The quantitative estimate of drug-likeness (QED) is 0.847. The topological polar surface area (TPSA) is 28.2 Å². The molecular formula is C17H29N3. The number of nitrogens with one attached hydrogen (secondary N) is 1. The fourth-order valence-electron chi connectivity index (χ4n) is 3.01. The molecule has 1 aromatic heterocycles. The van der Waals surface area contributed by atoms with E-state index in [1.165, 1.54) is 31.5 Å². The van der Waals surface area contributed by atoms with Gasteiger partial charge in [0.15, 0.2) is 0 Å². The van der Waals surface area contributed by atoms with Crippen molar-refractivity contribution >= 4 is 5.82 Å². The van der Waals surface area contributed by atoms with Crippen molar-refractivity contribution < 1.29 is 0 Å². The first-order valence-electron chi connectivity index (χ1n) is 8.07. The Labute approximate surface area is 123 Å². The third kappa shape index (κ3) is 3.72. The molecule has 1 N–H and O–H groups in total. The zero-order chi connectivity index (χ0) is 14.5. The van der Waals surface area contributed by atoms with Crippen molar-refractivity contribution in [1.82, 2.24) is 9.88 Å². The van der Waals surface area contributed by atoms with Gasteiger partial charge in [-0.05, 0) is 44.7 Å². The molecule has 20 heavy (non-hydrogen) atoms. The molecule has 0 spiro atoms. The van der Waals surface area contributed by atoms with Gasteiger partial charge in [0.2, 0.25) is 0 Å². The molecule has 1 fully saturated rings. The van der Waals surface area contributed by atoms with Crippen molar-refractivity contribution in [3.63, 3.8) is 0 Å². The first-order chi connectivity index (χ1) is 9.61. The first kappa shape index (κ1) is 15.3. The van der Waals surface area contributed by atoms with E-state index in [0.717, 1.165) is 18.2 Å². The van der Waals surface area contributed by atoms with Crippen LogP contribution in [0.3, 0.4) is 0 Å². The lowest BCUT2D eigenvalue weighted by molar-refractivity contribution is 0.229. The van der Waals surface area contributed by atoms with E-state index in [4.69, 9.17) is 0 Å². The van der Waals surface area contributed by atoms with E-state index in [1.54, 1.807) is 0 Å². The number of rotatable bonds is 6. The molecular weight excluding hydrogens is 246 g/mol.